The Balaban J connectivity index is 1.60. The minimum atomic E-state index is -0.438. The van der Waals surface area contributed by atoms with Gasteiger partial charge in [-0.05, 0) is 18.4 Å². The van der Waals surface area contributed by atoms with Crippen molar-refractivity contribution in [3.8, 4) is 11.3 Å². The van der Waals surface area contributed by atoms with E-state index < -0.39 is 5.41 Å². The second kappa shape index (κ2) is 6.88. The maximum absolute atomic E-state index is 8.58. The van der Waals surface area contributed by atoms with Crippen molar-refractivity contribution in [3.63, 3.8) is 0 Å². The lowest BCUT2D eigenvalue weighted by Gasteiger charge is -2.41. The number of benzene rings is 1. The van der Waals surface area contributed by atoms with Crippen LogP contribution in [0.2, 0.25) is 0 Å². The van der Waals surface area contributed by atoms with E-state index in [9.17, 15) is 0 Å². The molecule has 2 heterocycles. The molecule has 0 radical (unpaired) electrons. The lowest BCUT2D eigenvalue weighted by Crippen LogP contribution is -2.41. The average molecular weight is 376 g/mol. The van der Waals surface area contributed by atoms with E-state index in [1.165, 1.54) is 6.20 Å². The molecule has 8 heteroatoms. The summed E-state index contributed by atoms with van der Waals surface area (Å²) in [5.41, 5.74) is 8.36. The van der Waals surface area contributed by atoms with E-state index in [2.05, 4.69) is 19.9 Å². The summed E-state index contributed by atoms with van der Waals surface area (Å²) in [7, 11) is 1.84. The van der Waals surface area contributed by atoms with Gasteiger partial charge in [0.05, 0.1) is 29.8 Å². The van der Waals surface area contributed by atoms with Crippen molar-refractivity contribution < 1.29 is 5.11 Å². The summed E-state index contributed by atoms with van der Waals surface area (Å²) in [5.74, 6) is 0.624. The number of aromatic nitrogens is 4. The molecule has 1 aliphatic carbocycles. The molecular weight excluding hydrogens is 354 g/mol. The van der Waals surface area contributed by atoms with Crippen molar-refractivity contribution in [1.82, 2.24) is 19.5 Å². The van der Waals surface area contributed by atoms with Crippen LogP contribution in [0, 0.1) is 5.41 Å². The fourth-order valence-electron chi connectivity index (χ4n) is 3.45. The monoisotopic (exact) mass is 376 g/mol. The maximum Gasteiger partial charge on any atom is 0.386 e. The predicted molar refractivity (Wildman–Crippen MR) is 108 cm³/mol. The number of anilines is 1. The lowest BCUT2D eigenvalue weighted by molar-refractivity contribution is 0.336. The highest BCUT2D eigenvalue weighted by atomic mass is 16.3. The van der Waals surface area contributed by atoms with Gasteiger partial charge >= 0.3 is 5.90 Å². The van der Waals surface area contributed by atoms with E-state index in [4.69, 9.17) is 16.2 Å². The molecule has 4 rings (SSSR count). The van der Waals surface area contributed by atoms with Crippen molar-refractivity contribution in [2.24, 2.45) is 12.0 Å². The summed E-state index contributed by atoms with van der Waals surface area (Å²) in [6.07, 6.45) is 9.29. The van der Waals surface area contributed by atoms with Crippen LogP contribution >= 0.6 is 0 Å². The van der Waals surface area contributed by atoms with E-state index >= 15 is 0 Å². The summed E-state index contributed by atoms with van der Waals surface area (Å²) in [6, 6.07) is 7.99. The molecule has 0 amide bonds. The number of aryl methyl sites for hydroxylation is 1. The van der Waals surface area contributed by atoms with Crippen LogP contribution < -0.4 is 5.73 Å². The van der Waals surface area contributed by atoms with Crippen LogP contribution in [0.25, 0.3) is 11.3 Å². The number of rotatable bonds is 4. The number of imidazole rings is 1. The molecule has 0 atom stereocenters. The molecule has 1 aromatic carbocycles. The standard InChI is InChI=1S/C20H21N7O/c1-27-11-16(25-12-27)18(28)26-19(22)20(7-2-8-20)14-5-3-13(4-6-14)15-9-24-17(21)10-23-15/h3-6,9-12H,2,7-8H2,1H3,(H2,21,24)(H2,22,26,28)/p+1. The van der Waals surface area contributed by atoms with E-state index in [-0.39, 0.29) is 11.7 Å². The molecule has 0 bridgehead atoms. The molecule has 0 unspecified atom stereocenters. The highest BCUT2D eigenvalue weighted by molar-refractivity contribution is 6.04. The third-order valence-corrected chi connectivity index (χ3v) is 5.24. The number of nitrogens with two attached hydrogens (primary N) is 1. The molecule has 1 saturated carbocycles. The molecule has 28 heavy (non-hydrogen) atoms. The van der Waals surface area contributed by atoms with Crippen molar-refractivity contribution >= 4 is 17.6 Å². The van der Waals surface area contributed by atoms with E-state index in [1.807, 2.05) is 31.3 Å². The van der Waals surface area contributed by atoms with Crippen molar-refractivity contribution in [3.05, 3.63) is 60.4 Å². The minimum absolute atomic E-state index is 0.0191. The van der Waals surface area contributed by atoms with Gasteiger partial charge in [-0.15, -0.1) is 4.99 Å². The molecule has 5 N–H and O–H groups in total. The lowest BCUT2D eigenvalue weighted by atomic mass is 9.63. The Bertz CT molecular complexity index is 1030. The second-order valence-corrected chi connectivity index (χ2v) is 7.07. The second-order valence-electron chi connectivity index (χ2n) is 7.07. The van der Waals surface area contributed by atoms with Gasteiger partial charge in [-0.1, -0.05) is 30.7 Å². The largest absolute Gasteiger partial charge is 0.577 e. The fourth-order valence-corrected chi connectivity index (χ4v) is 3.45. The summed E-state index contributed by atoms with van der Waals surface area (Å²) >= 11 is 0. The third-order valence-electron chi connectivity index (χ3n) is 5.24. The highest BCUT2D eigenvalue weighted by Gasteiger charge is 2.43. The van der Waals surface area contributed by atoms with E-state index in [0.29, 0.717) is 11.5 Å². The topological polar surface area (TPSA) is 129 Å². The van der Waals surface area contributed by atoms with Crippen LogP contribution in [0.4, 0.5) is 5.82 Å². The number of hydrogen-bond donors (Lipinski definition) is 2. The van der Waals surface area contributed by atoms with Gasteiger partial charge in [-0.25, -0.2) is 9.97 Å². The zero-order valence-corrected chi connectivity index (χ0v) is 15.6. The Hall–Kier alpha value is -3.55. The maximum atomic E-state index is 8.58. The van der Waals surface area contributed by atoms with Crippen LogP contribution in [0.5, 0.6) is 0 Å². The number of nitrogen functional groups attached to an aromatic ring is 1. The number of nitrogens with one attached hydrogen (secondary N) is 1. The van der Waals surface area contributed by atoms with Crippen LogP contribution in [0.1, 0.15) is 30.5 Å². The van der Waals surface area contributed by atoms with Gasteiger partial charge in [0, 0.05) is 18.8 Å². The van der Waals surface area contributed by atoms with E-state index in [1.54, 1.807) is 23.3 Å². The quantitative estimate of drug-likeness (QED) is 0.410. The molecule has 8 nitrogen and oxygen atoms in total. The average Bonchev–Trinajstić information content (AvgIpc) is 3.09. The Morgan fingerprint density at radius 1 is 1.18 bits per heavy atom. The third kappa shape index (κ3) is 3.13. The number of aliphatic imine (C=N–C) groups is 1. The minimum Gasteiger partial charge on any atom is -0.577 e. The first-order chi connectivity index (χ1) is 13.5. The van der Waals surface area contributed by atoms with Gasteiger partial charge < -0.3 is 15.4 Å². The fraction of sp³-hybridized carbons (Fsp3) is 0.250. The number of nitrogens with zero attached hydrogens (tertiary/aromatic N) is 5. The van der Waals surface area contributed by atoms with Crippen LogP contribution in [-0.2, 0) is 12.5 Å². The van der Waals surface area contributed by atoms with Gasteiger partial charge in [0.1, 0.15) is 11.7 Å². The first-order valence-corrected chi connectivity index (χ1v) is 9.04. The van der Waals surface area contributed by atoms with Gasteiger partial charge in [-0.3, -0.25) is 10.4 Å². The molecule has 1 aliphatic rings. The predicted octanol–water partition coefficient (Wildman–Crippen LogP) is 2.03. The molecule has 3 aromatic rings. The molecule has 1 fully saturated rings. The molecule has 0 saturated heterocycles. The Kier molecular flexibility index (Phi) is 4.38. The highest BCUT2D eigenvalue weighted by Crippen LogP contribution is 2.45. The molecule has 2 aromatic heterocycles. The molecular formula is C20H22N7O+. The number of amidine groups is 1. The number of hydrogen-bond acceptors (Lipinski definition) is 5. The smallest absolute Gasteiger partial charge is 0.386 e. The molecule has 0 spiro atoms. The summed E-state index contributed by atoms with van der Waals surface area (Å²) in [6.45, 7) is 0. The Morgan fingerprint density at radius 3 is 2.46 bits per heavy atom. The molecule has 0 aliphatic heterocycles. The molecule has 142 valence electrons. The SMILES string of the molecule is Cn1cnc(C([OH2+])=NC(=N)C2(c3ccc(-c4cnc(N)cn4)cc3)CCC2)c1. The Morgan fingerprint density at radius 2 is 1.93 bits per heavy atom. The van der Waals surface area contributed by atoms with Gasteiger partial charge in [0.25, 0.3) is 0 Å². The van der Waals surface area contributed by atoms with E-state index in [0.717, 1.165) is 36.1 Å². The van der Waals surface area contributed by atoms with Gasteiger partial charge in [-0.2, -0.15) is 0 Å². The van der Waals surface area contributed by atoms with Crippen LogP contribution in [0.3, 0.4) is 0 Å². The van der Waals surface area contributed by atoms with Crippen molar-refractivity contribution in [1.29, 1.82) is 5.41 Å². The summed E-state index contributed by atoms with van der Waals surface area (Å²) < 4.78 is 1.76. The van der Waals surface area contributed by atoms with Gasteiger partial charge in [0.15, 0.2) is 5.69 Å². The van der Waals surface area contributed by atoms with Crippen LogP contribution in [0.15, 0.2) is 54.2 Å². The van der Waals surface area contributed by atoms with Crippen molar-refractivity contribution in [2.75, 3.05) is 5.73 Å². The normalized spacial score (nSPS) is 15.8. The van der Waals surface area contributed by atoms with Crippen LogP contribution in [-0.4, -0.2) is 36.4 Å². The Labute approximate surface area is 162 Å². The first-order valence-electron chi connectivity index (χ1n) is 9.04. The zero-order chi connectivity index (χ0) is 19.7. The van der Waals surface area contributed by atoms with Gasteiger partial charge in [0.2, 0.25) is 0 Å². The summed E-state index contributed by atoms with van der Waals surface area (Å²) in [4.78, 5) is 16.8. The first kappa shape index (κ1) is 17.8. The summed E-state index contributed by atoms with van der Waals surface area (Å²) in [5, 5.41) is 16.8. The van der Waals surface area contributed by atoms with Crippen molar-refractivity contribution in [2.45, 2.75) is 24.7 Å². The zero-order valence-electron chi connectivity index (χ0n) is 15.6.